The molecule has 1 saturated carbocycles. The fraction of sp³-hybridized carbons (Fsp3) is 0.312. The molecule has 0 aliphatic heterocycles. The van der Waals surface area contributed by atoms with Crippen molar-refractivity contribution in [3.8, 4) is 0 Å². The summed E-state index contributed by atoms with van der Waals surface area (Å²) in [5.41, 5.74) is 2.79. The molecule has 0 atom stereocenters. The van der Waals surface area contributed by atoms with Gasteiger partial charge in [-0.15, -0.1) is 0 Å². The predicted molar refractivity (Wildman–Crippen MR) is 77.8 cm³/mol. The highest BCUT2D eigenvalue weighted by Crippen LogP contribution is 2.31. The normalized spacial score (nSPS) is 14.3. The predicted octanol–water partition coefficient (Wildman–Crippen LogP) is 4.05. The quantitative estimate of drug-likeness (QED) is 0.851. The maximum absolute atomic E-state index is 12.6. The van der Waals surface area contributed by atoms with E-state index in [1.165, 1.54) is 11.8 Å². The highest BCUT2D eigenvalue weighted by Gasteiger charge is 2.34. The highest BCUT2D eigenvalue weighted by molar-refractivity contribution is 6.32. The Balaban J connectivity index is 1.83. The van der Waals surface area contributed by atoms with Gasteiger partial charge in [-0.05, 0) is 43.0 Å². The number of benzene rings is 1. The molecule has 0 N–H and O–H groups in total. The first kappa shape index (κ1) is 13.3. The zero-order valence-corrected chi connectivity index (χ0v) is 12.1. The van der Waals surface area contributed by atoms with Gasteiger partial charge in [0.25, 0.3) is 5.91 Å². The van der Waals surface area contributed by atoms with Gasteiger partial charge in [-0.25, -0.2) is 0 Å². The van der Waals surface area contributed by atoms with E-state index in [-0.39, 0.29) is 11.1 Å². The van der Waals surface area contributed by atoms with Crippen LogP contribution in [0.4, 0.5) is 0 Å². The van der Waals surface area contributed by atoms with Crippen LogP contribution in [-0.4, -0.2) is 16.8 Å². The van der Waals surface area contributed by atoms with E-state index < -0.39 is 0 Å². The number of hydrogen-bond donors (Lipinski definition) is 0. The van der Waals surface area contributed by atoms with Crippen LogP contribution in [0.2, 0.25) is 5.22 Å². The zero-order chi connectivity index (χ0) is 14.1. The number of hydrogen-bond acceptors (Lipinski definition) is 2. The summed E-state index contributed by atoms with van der Waals surface area (Å²) >= 11 is 5.92. The number of nitrogens with zero attached hydrogens (tertiary/aromatic N) is 1. The van der Waals surface area contributed by atoms with E-state index in [2.05, 4.69) is 19.1 Å². The first-order valence-electron chi connectivity index (χ1n) is 6.74. The maximum Gasteiger partial charge on any atom is 0.259 e. The second-order valence-corrected chi connectivity index (χ2v) is 5.60. The molecule has 104 valence electrons. The van der Waals surface area contributed by atoms with Gasteiger partial charge in [0.15, 0.2) is 0 Å². The molecule has 0 radical (unpaired) electrons. The number of amides is 1. The molecule has 1 amide bonds. The number of furan rings is 1. The van der Waals surface area contributed by atoms with Crippen molar-refractivity contribution in [3.63, 3.8) is 0 Å². The van der Waals surface area contributed by atoms with Crippen LogP contribution in [0.3, 0.4) is 0 Å². The second-order valence-electron chi connectivity index (χ2n) is 5.26. The van der Waals surface area contributed by atoms with Crippen LogP contribution in [-0.2, 0) is 6.54 Å². The highest BCUT2D eigenvalue weighted by atomic mass is 35.5. The van der Waals surface area contributed by atoms with Crippen molar-refractivity contribution in [2.24, 2.45) is 0 Å². The average Bonchev–Trinajstić information content (AvgIpc) is 3.17. The Morgan fingerprint density at radius 2 is 2.20 bits per heavy atom. The van der Waals surface area contributed by atoms with Crippen LogP contribution in [0.25, 0.3) is 0 Å². The fourth-order valence-corrected chi connectivity index (χ4v) is 2.56. The Bertz CT molecular complexity index is 631. The topological polar surface area (TPSA) is 33.5 Å². The lowest BCUT2D eigenvalue weighted by Gasteiger charge is -2.22. The molecule has 0 saturated heterocycles. The van der Waals surface area contributed by atoms with E-state index in [9.17, 15) is 4.79 Å². The maximum atomic E-state index is 12.6. The summed E-state index contributed by atoms with van der Waals surface area (Å²) in [6, 6.07) is 10.2. The number of rotatable bonds is 4. The van der Waals surface area contributed by atoms with Gasteiger partial charge in [-0.3, -0.25) is 4.79 Å². The van der Waals surface area contributed by atoms with Gasteiger partial charge in [-0.1, -0.05) is 29.8 Å². The summed E-state index contributed by atoms with van der Waals surface area (Å²) in [6.07, 6.45) is 3.58. The Hall–Kier alpha value is -1.74. The zero-order valence-electron chi connectivity index (χ0n) is 11.3. The number of carbonyl (C=O) groups excluding carboxylic acids is 1. The van der Waals surface area contributed by atoms with Crippen molar-refractivity contribution in [1.82, 2.24) is 4.90 Å². The van der Waals surface area contributed by atoms with Crippen molar-refractivity contribution in [3.05, 3.63) is 58.5 Å². The summed E-state index contributed by atoms with van der Waals surface area (Å²) in [7, 11) is 0. The first-order chi connectivity index (χ1) is 9.65. The lowest BCUT2D eigenvalue weighted by atomic mass is 10.1. The number of carbonyl (C=O) groups is 1. The van der Waals surface area contributed by atoms with Crippen LogP contribution in [0.5, 0.6) is 0 Å². The second kappa shape index (κ2) is 5.33. The smallest absolute Gasteiger partial charge is 0.259 e. The number of halogens is 1. The summed E-state index contributed by atoms with van der Waals surface area (Å²) in [6.45, 7) is 2.67. The molecular formula is C16H16ClNO2. The molecule has 1 aliphatic carbocycles. The molecule has 3 nitrogen and oxygen atoms in total. The first-order valence-corrected chi connectivity index (χ1v) is 7.12. The van der Waals surface area contributed by atoms with Gasteiger partial charge >= 0.3 is 0 Å². The lowest BCUT2D eigenvalue weighted by molar-refractivity contribution is 0.0729. The van der Waals surface area contributed by atoms with Gasteiger partial charge < -0.3 is 9.32 Å². The van der Waals surface area contributed by atoms with Crippen LogP contribution in [0, 0.1) is 6.92 Å². The largest absolute Gasteiger partial charge is 0.452 e. The van der Waals surface area contributed by atoms with Gasteiger partial charge in [0.2, 0.25) is 5.22 Å². The van der Waals surface area contributed by atoms with Crippen LogP contribution in [0.1, 0.15) is 34.3 Å². The molecule has 0 spiro atoms. The Morgan fingerprint density at radius 1 is 1.40 bits per heavy atom. The van der Waals surface area contributed by atoms with Crippen molar-refractivity contribution >= 4 is 17.5 Å². The van der Waals surface area contributed by atoms with Crippen molar-refractivity contribution in [2.45, 2.75) is 32.4 Å². The fourth-order valence-electron chi connectivity index (χ4n) is 2.36. The third kappa shape index (κ3) is 2.73. The monoisotopic (exact) mass is 289 g/mol. The van der Waals surface area contributed by atoms with Crippen LogP contribution < -0.4 is 0 Å². The van der Waals surface area contributed by atoms with E-state index in [4.69, 9.17) is 16.0 Å². The molecule has 0 unspecified atom stereocenters. The summed E-state index contributed by atoms with van der Waals surface area (Å²) in [5, 5.41) is 0.171. The number of aryl methyl sites for hydroxylation is 1. The van der Waals surface area contributed by atoms with Crippen LogP contribution >= 0.6 is 11.6 Å². The van der Waals surface area contributed by atoms with Crippen molar-refractivity contribution in [1.29, 1.82) is 0 Å². The van der Waals surface area contributed by atoms with Crippen molar-refractivity contribution in [2.75, 3.05) is 0 Å². The van der Waals surface area contributed by atoms with Crippen molar-refractivity contribution < 1.29 is 9.21 Å². The molecule has 20 heavy (non-hydrogen) atoms. The minimum atomic E-state index is -0.0484. The van der Waals surface area contributed by atoms with E-state index >= 15 is 0 Å². The molecule has 1 aromatic heterocycles. The Kier molecular flexibility index (Phi) is 3.53. The molecule has 2 aromatic rings. The van der Waals surface area contributed by atoms with E-state index in [0.29, 0.717) is 18.2 Å². The third-order valence-corrected chi connectivity index (χ3v) is 3.82. The third-order valence-electron chi connectivity index (χ3n) is 3.53. The Labute approximate surface area is 123 Å². The van der Waals surface area contributed by atoms with Gasteiger partial charge in [0.1, 0.15) is 0 Å². The van der Waals surface area contributed by atoms with E-state index in [1.54, 1.807) is 6.07 Å². The minimum Gasteiger partial charge on any atom is -0.452 e. The van der Waals surface area contributed by atoms with Gasteiger partial charge in [0, 0.05) is 12.6 Å². The minimum absolute atomic E-state index is 0.0484. The average molecular weight is 290 g/mol. The summed E-state index contributed by atoms with van der Waals surface area (Å²) in [5.74, 6) is -0.0484. The molecule has 1 heterocycles. The molecular weight excluding hydrogens is 274 g/mol. The molecule has 1 fully saturated rings. The molecule has 0 bridgehead atoms. The summed E-state index contributed by atoms with van der Waals surface area (Å²) < 4.78 is 5.02. The lowest BCUT2D eigenvalue weighted by Crippen LogP contribution is -2.32. The molecule has 4 heteroatoms. The van der Waals surface area contributed by atoms with E-state index in [1.807, 2.05) is 17.0 Å². The summed E-state index contributed by atoms with van der Waals surface area (Å²) in [4.78, 5) is 14.5. The molecule has 3 rings (SSSR count). The standard InChI is InChI=1S/C16H16ClNO2/c1-11-3-2-4-12(9-11)10-18(13-5-6-13)16(19)14-7-8-20-15(14)17/h2-4,7-9,13H,5-6,10H2,1H3. The van der Waals surface area contributed by atoms with Gasteiger partial charge in [0.05, 0.1) is 11.8 Å². The molecule has 1 aromatic carbocycles. The SMILES string of the molecule is Cc1cccc(CN(C(=O)c2ccoc2Cl)C2CC2)c1. The van der Waals surface area contributed by atoms with E-state index in [0.717, 1.165) is 18.4 Å². The Morgan fingerprint density at radius 3 is 2.80 bits per heavy atom. The van der Waals surface area contributed by atoms with Gasteiger partial charge in [-0.2, -0.15) is 0 Å². The molecule has 1 aliphatic rings. The van der Waals surface area contributed by atoms with Crippen LogP contribution in [0.15, 0.2) is 41.0 Å².